The van der Waals surface area contributed by atoms with E-state index in [4.69, 9.17) is 4.74 Å². The molecule has 5 rings (SSSR count). The van der Waals surface area contributed by atoms with Crippen molar-refractivity contribution >= 4 is 17.5 Å². The van der Waals surface area contributed by atoms with Gasteiger partial charge in [0, 0.05) is 31.5 Å². The smallest absolute Gasteiger partial charge is 0.258 e. The van der Waals surface area contributed by atoms with Crippen molar-refractivity contribution in [2.75, 3.05) is 32.1 Å². The van der Waals surface area contributed by atoms with Crippen LogP contribution in [-0.4, -0.2) is 65.6 Å². The molecule has 2 amide bonds. The van der Waals surface area contributed by atoms with Crippen molar-refractivity contribution in [3.63, 3.8) is 0 Å². The summed E-state index contributed by atoms with van der Waals surface area (Å²) < 4.78 is 6.63. The zero-order chi connectivity index (χ0) is 28.2. The third-order valence-electron chi connectivity index (χ3n) is 7.90. The molecular formula is C33H39N3O4. The third-order valence-corrected chi connectivity index (χ3v) is 7.90. The number of benzene rings is 3. The molecular weight excluding hydrogens is 502 g/mol. The van der Waals surface area contributed by atoms with Gasteiger partial charge in [-0.3, -0.25) is 14.5 Å². The summed E-state index contributed by atoms with van der Waals surface area (Å²) in [6, 6.07) is 23.9. The summed E-state index contributed by atoms with van der Waals surface area (Å²) in [5, 5.41) is 12.9. The number of anilines is 1. The van der Waals surface area contributed by atoms with Gasteiger partial charge in [0.15, 0.2) is 5.75 Å². The lowest BCUT2D eigenvalue weighted by Crippen LogP contribution is -2.49. The van der Waals surface area contributed by atoms with Crippen molar-refractivity contribution in [1.29, 1.82) is 0 Å². The van der Waals surface area contributed by atoms with E-state index in [1.807, 2.05) is 25.1 Å². The quantitative estimate of drug-likeness (QED) is 0.396. The minimum atomic E-state index is -0.341. The van der Waals surface area contributed by atoms with Gasteiger partial charge in [-0.25, -0.2) is 0 Å². The lowest BCUT2D eigenvalue weighted by Gasteiger charge is -2.38. The SMILES string of the molecule is C[C@H]1CN([C@@H](C)CO)C(=O)c2cccc(NC(=O)C3CC3)c2O[C@@H]1CN(C)Cc1ccc(-c2ccccc2)cc1. The maximum absolute atomic E-state index is 13.6. The highest BCUT2D eigenvalue weighted by Gasteiger charge is 2.36. The van der Waals surface area contributed by atoms with Crippen LogP contribution in [0.5, 0.6) is 5.75 Å². The number of carbonyl (C=O) groups is 2. The molecule has 3 aromatic rings. The Hall–Kier alpha value is -3.68. The topological polar surface area (TPSA) is 82.1 Å². The van der Waals surface area contributed by atoms with Crippen molar-refractivity contribution in [1.82, 2.24) is 9.80 Å². The number of ether oxygens (including phenoxy) is 1. The van der Waals surface area contributed by atoms with Crippen molar-refractivity contribution in [2.24, 2.45) is 11.8 Å². The Bertz CT molecular complexity index is 1320. The van der Waals surface area contributed by atoms with Gasteiger partial charge in [-0.15, -0.1) is 0 Å². The molecule has 2 aliphatic rings. The Kier molecular flexibility index (Phi) is 8.52. The predicted octanol–water partition coefficient (Wildman–Crippen LogP) is 5.05. The van der Waals surface area contributed by atoms with Crippen LogP contribution in [0.1, 0.15) is 42.6 Å². The molecule has 0 aromatic heterocycles. The van der Waals surface area contributed by atoms with Gasteiger partial charge in [-0.2, -0.15) is 0 Å². The van der Waals surface area contributed by atoms with Gasteiger partial charge in [-0.1, -0.05) is 67.6 Å². The van der Waals surface area contributed by atoms with Crippen LogP contribution in [0.4, 0.5) is 5.69 Å². The molecule has 3 atom stereocenters. The number of para-hydroxylation sites is 1. The normalized spacial score (nSPS) is 19.8. The summed E-state index contributed by atoms with van der Waals surface area (Å²) in [5.41, 5.74) is 4.51. The van der Waals surface area contributed by atoms with Crippen LogP contribution in [0.3, 0.4) is 0 Å². The molecule has 1 fully saturated rings. The Balaban J connectivity index is 1.37. The number of aliphatic hydroxyl groups is 1. The summed E-state index contributed by atoms with van der Waals surface area (Å²) in [6.07, 6.45) is 1.53. The fraction of sp³-hybridized carbons (Fsp3) is 0.394. The second kappa shape index (κ2) is 12.2. The highest BCUT2D eigenvalue weighted by molar-refractivity contribution is 6.02. The van der Waals surface area contributed by atoms with Crippen LogP contribution in [0.15, 0.2) is 72.8 Å². The fourth-order valence-corrected chi connectivity index (χ4v) is 5.26. The van der Waals surface area contributed by atoms with Gasteiger partial charge in [0.1, 0.15) is 6.10 Å². The molecule has 1 aliphatic carbocycles. The first-order chi connectivity index (χ1) is 19.3. The van der Waals surface area contributed by atoms with E-state index in [-0.39, 0.29) is 42.4 Å². The van der Waals surface area contributed by atoms with Gasteiger partial charge < -0.3 is 20.1 Å². The summed E-state index contributed by atoms with van der Waals surface area (Å²) in [5.74, 6) is 0.194. The standard InChI is InChI=1S/C33H39N3O4/c1-22-18-36(23(2)21-37)33(39)28-10-7-11-29(34-32(38)27-16-17-27)31(28)40-30(22)20-35(3)19-24-12-14-26(15-13-24)25-8-5-4-6-9-25/h4-15,22-23,27,30,37H,16-21H2,1-3H3,(H,34,38)/t22-,23-,30+/m0/s1. The van der Waals surface area contributed by atoms with Crippen molar-refractivity contribution in [3.05, 3.63) is 83.9 Å². The number of amides is 2. The Morgan fingerprint density at radius 3 is 2.42 bits per heavy atom. The molecule has 7 heteroatoms. The molecule has 0 bridgehead atoms. The molecule has 1 heterocycles. The summed E-state index contributed by atoms with van der Waals surface area (Å²) in [4.78, 5) is 30.2. The van der Waals surface area contributed by atoms with Gasteiger partial charge >= 0.3 is 0 Å². The van der Waals surface area contributed by atoms with Crippen LogP contribution >= 0.6 is 0 Å². The van der Waals surface area contributed by atoms with E-state index in [1.54, 1.807) is 23.1 Å². The molecule has 3 aromatic carbocycles. The number of fused-ring (bicyclic) bond motifs is 1. The van der Waals surface area contributed by atoms with Crippen LogP contribution < -0.4 is 10.1 Å². The highest BCUT2D eigenvalue weighted by Crippen LogP contribution is 2.37. The minimum absolute atomic E-state index is 0.0128. The maximum atomic E-state index is 13.6. The van der Waals surface area contributed by atoms with Crippen LogP contribution in [0.2, 0.25) is 0 Å². The molecule has 0 spiro atoms. The third kappa shape index (κ3) is 6.37. The maximum Gasteiger partial charge on any atom is 0.258 e. The molecule has 0 saturated heterocycles. The zero-order valence-electron chi connectivity index (χ0n) is 23.5. The molecule has 0 unspecified atom stereocenters. The molecule has 210 valence electrons. The second-order valence-electron chi connectivity index (χ2n) is 11.3. The highest BCUT2D eigenvalue weighted by atomic mass is 16.5. The fourth-order valence-electron chi connectivity index (χ4n) is 5.26. The molecule has 0 radical (unpaired) electrons. The van der Waals surface area contributed by atoms with Gasteiger partial charge in [0.2, 0.25) is 5.91 Å². The average Bonchev–Trinajstić information content (AvgIpc) is 3.82. The first kappa shape index (κ1) is 27.9. The van der Waals surface area contributed by atoms with E-state index in [1.165, 1.54) is 16.7 Å². The van der Waals surface area contributed by atoms with Crippen LogP contribution in [-0.2, 0) is 11.3 Å². The average molecular weight is 542 g/mol. The number of hydrogen-bond donors (Lipinski definition) is 2. The number of rotatable bonds is 9. The Morgan fingerprint density at radius 2 is 1.75 bits per heavy atom. The number of nitrogens with one attached hydrogen (secondary N) is 1. The van der Waals surface area contributed by atoms with Gasteiger partial charge in [0.25, 0.3) is 5.91 Å². The van der Waals surface area contributed by atoms with Crippen molar-refractivity contribution < 1.29 is 19.4 Å². The molecule has 1 aliphatic heterocycles. The number of hydrogen-bond acceptors (Lipinski definition) is 5. The van der Waals surface area contributed by atoms with Crippen LogP contribution in [0.25, 0.3) is 11.1 Å². The van der Waals surface area contributed by atoms with Gasteiger partial charge in [0.05, 0.1) is 23.9 Å². The van der Waals surface area contributed by atoms with E-state index >= 15 is 0 Å². The first-order valence-corrected chi connectivity index (χ1v) is 14.2. The van der Waals surface area contributed by atoms with Gasteiger partial charge in [-0.05, 0) is 55.6 Å². The minimum Gasteiger partial charge on any atom is -0.486 e. The number of nitrogens with zero attached hydrogens (tertiary/aromatic N) is 2. The van der Waals surface area contributed by atoms with E-state index < -0.39 is 0 Å². The van der Waals surface area contributed by atoms with Crippen molar-refractivity contribution in [3.8, 4) is 16.9 Å². The van der Waals surface area contributed by atoms with Crippen LogP contribution in [0, 0.1) is 11.8 Å². The Labute approximate surface area is 236 Å². The predicted molar refractivity (Wildman–Crippen MR) is 157 cm³/mol. The van der Waals surface area contributed by atoms with E-state index in [0.717, 1.165) is 19.4 Å². The molecule has 40 heavy (non-hydrogen) atoms. The van der Waals surface area contributed by atoms with Crippen molar-refractivity contribution in [2.45, 2.75) is 45.4 Å². The lowest BCUT2D eigenvalue weighted by molar-refractivity contribution is -0.117. The monoisotopic (exact) mass is 541 g/mol. The first-order valence-electron chi connectivity index (χ1n) is 14.2. The molecule has 1 saturated carbocycles. The van der Waals surface area contributed by atoms with E-state index in [9.17, 15) is 14.7 Å². The number of likely N-dealkylation sites (N-methyl/N-ethyl adjacent to an activating group) is 1. The summed E-state index contributed by atoms with van der Waals surface area (Å²) in [7, 11) is 2.07. The second-order valence-corrected chi connectivity index (χ2v) is 11.3. The van der Waals surface area contributed by atoms with E-state index in [0.29, 0.717) is 30.1 Å². The molecule has 7 nitrogen and oxygen atoms in total. The van der Waals surface area contributed by atoms with E-state index in [2.05, 4.69) is 60.6 Å². The lowest BCUT2D eigenvalue weighted by atomic mass is 9.98. The number of aliphatic hydroxyl groups excluding tert-OH is 1. The molecule has 2 N–H and O–H groups in total. The number of carbonyl (C=O) groups excluding carboxylic acids is 2. The summed E-state index contributed by atoms with van der Waals surface area (Å²) in [6.45, 7) is 5.63. The zero-order valence-corrected chi connectivity index (χ0v) is 23.5. The summed E-state index contributed by atoms with van der Waals surface area (Å²) >= 11 is 0. The Morgan fingerprint density at radius 1 is 1.05 bits per heavy atom. The largest absolute Gasteiger partial charge is 0.486 e.